The summed E-state index contributed by atoms with van der Waals surface area (Å²) in [6.45, 7) is 2.93. The summed E-state index contributed by atoms with van der Waals surface area (Å²) >= 11 is 1.76. The van der Waals surface area contributed by atoms with Crippen LogP contribution in [0.2, 0.25) is 0 Å². The minimum absolute atomic E-state index is 0.211. The second-order valence-corrected chi connectivity index (χ2v) is 8.47. The van der Waals surface area contributed by atoms with Gasteiger partial charge in [0.25, 0.3) is 0 Å². The molecule has 2 aromatic heterocycles. The Morgan fingerprint density at radius 2 is 1.96 bits per heavy atom. The highest BCUT2D eigenvalue weighted by molar-refractivity contribution is 7.10. The number of hydrogen-bond donors (Lipinski definition) is 0. The Bertz CT molecular complexity index is 826. The number of fused-ring (bicyclic) bond motifs is 1. The van der Waals surface area contributed by atoms with E-state index >= 15 is 0 Å². The summed E-state index contributed by atoms with van der Waals surface area (Å²) in [5.74, 6) is 1.10. The van der Waals surface area contributed by atoms with Crippen molar-refractivity contribution < 1.29 is 18.0 Å². The zero-order chi connectivity index (χ0) is 19.7. The van der Waals surface area contributed by atoms with Crippen molar-refractivity contribution in [3.05, 3.63) is 45.8 Å². The van der Waals surface area contributed by atoms with Crippen LogP contribution < -0.4 is 4.90 Å². The Kier molecular flexibility index (Phi) is 5.31. The van der Waals surface area contributed by atoms with Gasteiger partial charge in [0.1, 0.15) is 5.82 Å². The number of hydrogen-bond acceptors (Lipinski definition) is 4. The Labute approximate surface area is 166 Å². The minimum atomic E-state index is -4.36. The third-order valence-corrected chi connectivity index (χ3v) is 6.66. The van der Waals surface area contributed by atoms with E-state index in [-0.39, 0.29) is 5.91 Å². The number of thiophene rings is 1. The topological polar surface area (TPSA) is 36.4 Å². The predicted molar refractivity (Wildman–Crippen MR) is 102 cm³/mol. The maximum atomic E-state index is 12.7. The summed E-state index contributed by atoms with van der Waals surface area (Å²) < 4.78 is 38.0. The Morgan fingerprint density at radius 3 is 2.64 bits per heavy atom. The van der Waals surface area contributed by atoms with Crippen molar-refractivity contribution in [2.24, 2.45) is 5.92 Å². The van der Waals surface area contributed by atoms with Crippen LogP contribution in [0.15, 0.2) is 29.8 Å². The summed E-state index contributed by atoms with van der Waals surface area (Å²) in [6.07, 6.45) is -0.278. The molecule has 2 aliphatic heterocycles. The van der Waals surface area contributed by atoms with E-state index in [9.17, 15) is 18.0 Å². The number of aromatic nitrogens is 1. The van der Waals surface area contributed by atoms with Gasteiger partial charge in [0.2, 0.25) is 5.91 Å². The van der Waals surface area contributed by atoms with Gasteiger partial charge in [-0.25, -0.2) is 4.98 Å². The molecule has 0 N–H and O–H groups in total. The first kappa shape index (κ1) is 19.2. The van der Waals surface area contributed by atoms with E-state index < -0.39 is 11.7 Å². The fourth-order valence-electron chi connectivity index (χ4n) is 3.94. The number of alkyl halides is 3. The molecular weight excluding hydrogens is 387 g/mol. The summed E-state index contributed by atoms with van der Waals surface area (Å²) in [4.78, 5) is 22.0. The van der Waals surface area contributed by atoms with E-state index in [4.69, 9.17) is 0 Å². The van der Waals surface area contributed by atoms with Gasteiger partial charge in [-0.15, -0.1) is 11.3 Å². The van der Waals surface area contributed by atoms with E-state index in [2.05, 4.69) is 16.4 Å². The molecule has 4 nitrogen and oxygen atoms in total. The average Bonchev–Trinajstić information content (AvgIpc) is 3.16. The van der Waals surface area contributed by atoms with Crippen molar-refractivity contribution in [1.29, 1.82) is 0 Å². The molecule has 28 heavy (non-hydrogen) atoms. The Morgan fingerprint density at radius 1 is 1.18 bits per heavy atom. The highest BCUT2D eigenvalue weighted by Gasteiger charge is 2.31. The van der Waals surface area contributed by atoms with Gasteiger partial charge in [-0.05, 0) is 54.3 Å². The number of pyridine rings is 1. The molecule has 0 atom stereocenters. The maximum absolute atomic E-state index is 12.7. The first-order valence-corrected chi connectivity index (χ1v) is 10.4. The Balaban J connectivity index is 1.28. The average molecular weight is 409 g/mol. The normalized spacial score (nSPS) is 18.2. The number of nitrogens with zero attached hydrogens (tertiary/aromatic N) is 3. The van der Waals surface area contributed by atoms with Crippen LogP contribution in [0.25, 0.3) is 0 Å². The number of amides is 1. The van der Waals surface area contributed by atoms with Crippen molar-refractivity contribution in [2.45, 2.75) is 38.4 Å². The van der Waals surface area contributed by atoms with Gasteiger partial charge in [-0.2, -0.15) is 13.2 Å². The molecule has 2 aliphatic rings. The van der Waals surface area contributed by atoms with Crippen molar-refractivity contribution in [2.75, 3.05) is 24.5 Å². The molecule has 0 bridgehead atoms. The van der Waals surface area contributed by atoms with Gasteiger partial charge >= 0.3 is 6.18 Å². The van der Waals surface area contributed by atoms with E-state index in [0.29, 0.717) is 37.8 Å². The number of piperidine rings is 1. The second kappa shape index (κ2) is 7.73. The lowest BCUT2D eigenvalue weighted by Crippen LogP contribution is -2.39. The van der Waals surface area contributed by atoms with Gasteiger partial charge in [-0.3, -0.25) is 4.79 Å². The van der Waals surface area contributed by atoms with Crippen molar-refractivity contribution in [3.63, 3.8) is 0 Å². The first-order chi connectivity index (χ1) is 13.4. The first-order valence-electron chi connectivity index (χ1n) is 9.51. The van der Waals surface area contributed by atoms with Crippen molar-refractivity contribution in [3.8, 4) is 0 Å². The van der Waals surface area contributed by atoms with Gasteiger partial charge in [0.15, 0.2) is 0 Å². The molecule has 0 radical (unpaired) electrons. The number of anilines is 1. The van der Waals surface area contributed by atoms with Gasteiger partial charge < -0.3 is 9.80 Å². The highest BCUT2D eigenvalue weighted by Crippen LogP contribution is 2.31. The molecule has 2 aromatic rings. The fraction of sp³-hybridized carbons (Fsp3) is 0.500. The molecule has 0 unspecified atom stereocenters. The highest BCUT2D eigenvalue weighted by atomic mass is 32.1. The van der Waals surface area contributed by atoms with Crippen LogP contribution in [0.3, 0.4) is 0 Å². The standard InChI is InChI=1S/C20H22F3N3OS/c21-20(22,23)16-1-2-18(24-12-16)25-7-3-14(4-8-25)11-19(27)26-9-5-17-15(13-26)6-10-28-17/h1-2,6,10,12,14H,3-5,7-9,11,13H2. The van der Waals surface area contributed by atoms with Gasteiger partial charge in [0, 0.05) is 43.7 Å². The lowest BCUT2D eigenvalue weighted by Gasteiger charge is -2.34. The van der Waals surface area contributed by atoms with Crippen molar-refractivity contribution >= 4 is 23.1 Å². The summed E-state index contributed by atoms with van der Waals surface area (Å²) in [6, 6.07) is 4.61. The number of halogens is 3. The molecule has 0 spiro atoms. The van der Waals surface area contributed by atoms with Crippen LogP contribution in [0.5, 0.6) is 0 Å². The Hall–Kier alpha value is -2.09. The molecule has 0 aliphatic carbocycles. The second-order valence-electron chi connectivity index (χ2n) is 7.47. The lowest BCUT2D eigenvalue weighted by molar-refractivity contribution is -0.137. The zero-order valence-corrected chi connectivity index (χ0v) is 16.2. The molecule has 150 valence electrons. The van der Waals surface area contributed by atoms with Crippen LogP contribution in [-0.2, 0) is 23.9 Å². The van der Waals surface area contributed by atoms with Crippen molar-refractivity contribution in [1.82, 2.24) is 9.88 Å². The molecule has 1 saturated heterocycles. The van der Waals surface area contributed by atoms with E-state index in [0.717, 1.165) is 38.1 Å². The number of carbonyl (C=O) groups excluding carboxylic acids is 1. The minimum Gasteiger partial charge on any atom is -0.357 e. The molecule has 1 fully saturated rings. The SMILES string of the molecule is O=C(CC1CCN(c2ccc(C(F)(F)F)cn2)CC1)N1CCc2sccc2C1. The van der Waals surface area contributed by atoms with E-state index in [1.807, 2.05) is 9.80 Å². The number of carbonyl (C=O) groups is 1. The summed E-state index contributed by atoms with van der Waals surface area (Å²) in [7, 11) is 0. The number of rotatable bonds is 3. The van der Waals surface area contributed by atoms with Crippen LogP contribution in [0.1, 0.15) is 35.3 Å². The molecule has 8 heteroatoms. The van der Waals surface area contributed by atoms with Gasteiger partial charge in [-0.1, -0.05) is 0 Å². The molecule has 4 heterocycles. The maximum Gasteiger partial charge on any atom is 0.417 e. The molecule has 4 rings (SSSR count). The molecule has 0 aromatic carbocycles. The van der Waals surface area contributed by atoms with E-state index in [1.54, 1.807) is 11.3 Å². The third kappa shape index (κ3) is 4.16. The molecular formula is C20H22F3N3OS. The van der Waals surface area contributed by atoms with Crippen LogP contribution in [0.4, 0.5) is 19.0 Å². The third-order valence-electron chi connectivity index (χ3n) is 5.64. The molecule has 0 saturated carbocycles. The largest absolute Gasteiger partial charge is 0.417 e. The molecule has 1 amide bonds. The predicted octanol–water partition coefficient (Wildman–Crippen LogP) is 4.35. The van der Waals surface area contributed by atoms with E-state index in [1.165, 1.54) is 16.5 Å². The fourth-order valence-corrected chi connectivity index (χ4v) is 4.83. The monoisotopic (exact) mass is 409 g/mol. The van der Waals surface area contributed by atoms with Gasteiger partial charge in [0.05, 0.1) is 5.56 Å². The van der Waals surface area contributed by atoms with Crippen LogP contribution >= 0.6 is 11.3 Å². The smallest absolute Gasteiger partial charge is 0.357 e. The quantitative estimate of drug-likeness (QED) is 0.756. The van der Waals surface area contributed by atoms with Crippen LogP contribution in [0, 0.1) is 5.92 Å². The van der Waals surface area contributed by atoms with Crippen LogP contribution in [-0.4, -0.2) is 35.4 Å². The lowest BCUT2D eigenvalue weighted by atomic mass is 9.92. The summed E-state index contributed by atoms with van der Waals surface area (Å²) in [5, 5.41) is 2.09. The zero-order valence-electron chi connectivity index (χ0n) is 15.4. The summed E-state index contributed by atoms with van der Waals surface area (Å²) in [5.41, 5.74) is 0.542.